The maximum absolute atomic E-state index is 13.1. The van der Waals surface area contributed by atoms with Crippen molar-refractivity contribution in [3.8, 4) is 10.6 Å². The van der Waals surface area contributed by atoms with Crippen LogP contribution in [0.25, 0.3) is 10.6 Å². The summed E-state index contributed by atoms with van der Waals surface area (Å²) in [4.78, 5) is 42.7. The van der Waals surface area contributed by atoms with Gasteiger partial charge in [0.15, 0.2) is 0 Å². The Labute approximate surface area is 171 Å². The fraction of sp³-hybridized carbons (Fsp3) is 0.400. The highest BCUT2D eigenvalue weighted by molar-refractivity contribution is 7.17. The molecular weight excluding hydrogens is 395 g/mol. The second-order valence-electron chi connectivity index (χ2n) is 7.72. The molecule has 9 heteroatoms. The molecular formula is C20H21FN4O3S. The molecule has 29 heavy (non-hydrogen) atoms. The molecule has 4 amide bonds. The predicted octanol–water partition coefficient (Wildman–Crippen LogP) is 3.40. The Balaban J connectivity index is 1.52. The van der Waals surface area contributed by atoms with Crippen LogP contribution >= 0.6 is 11.3 Å². The highest BCUT2D eigenvalue weighted by atomic mass is 32.1. The molecule has 1 spiro atoms. The van der Waals surface area contributed by atoms with E-state index < -0.39 is 23.4 Å². The van der Waals surface area contributed by atoms with Crippen LogP contribution in [0.3, 0.4) is 0 Å². The van der Waals surface area contributed by atoms with E-state index in [0.29, 0.717) is 39.9 Å². The largest absolute Gasteiger partial charge is 0.344 e. The highest BCUT2D eigenvalue weighted by Crippen LogP contribution is 2.36. The number of hydrazine groups is 1. The monoisotopic (exact) mass is 416 g/mol. The predicted molar refractivity (Wildman–Crippen MR) is 105 cm³/mol. The Morgan fingerprint density at radius 2 is 1.93 bits per heavy atom. The van der Waals surface area contributed by atoms with Gasteiger partial charge in [-0.15, -0.1) is 11.3 Å². The van der Waals surface area contributed by atoms with Crippen molar-refractivity contribution in [2.75, 3.05) is 0 Å². The first-order valence-electron chi connectivity index (χ1n) is 9.50. The van der Waals surface area contributed by atoms with Gasteiger partial charge in [0, 0.05) is 5.56 Å². The quantitative estimate of drug-likeness (QED) is 0.750. The molecule has 2 heterocycles. The first-order chi connectivity index (χ1) is 13.8. The van der Waals surface area contributed by atoms with Gasteiger partial charge in [0.2, 0.25) is 0 Å². The van der Waals surface area contributed by atoms with Gasteiger partial charge < -0.3 is 5.32 Å². The van der Waals surface area contributed by atoms with E-state index in [9.17, 15) is 18.8 Å². The Morgan fingerprint density at radius 3 is 2.59 bits per heavy atom. The summed E-state index contributed by atoms with van der Waals surface area (Å²) >= 11 is 1.12. The van der Waals surface area contributed by atoms with Gasteiger partial charge in [-0.2, -0.15) is 5.01 Å². The van der Waals surface area contributed by atoms with Gasteiger partial charge in [-0.05, 0) is 62.8 Å². The van der Waals surface area contributed by atoms with Crippen LogP contribution in [0.1, 0.15) is 48.0 Å². The van der Waals surface area contributed by atoms with Crippen molar-refractivity contribution >= 4 is 29.2 Å². The molecule has 1 aliphatic carbocycles. The van der Waals surface area contributed by atoms with Gasteiger partial charge in [0.1, 0.15) is 21.2 Å². The van der Waals surface area contributed by atoms with Crippen molar-refractivity contribution in [1.29, 1.82) is 0 Å². The van der Waals surface area contributed by atoms with Gasteiger partial charge in [-0.1, -0.05) is 6.92 Å². The molecule has 0 unspecified atom stereocenters. The summed E-state index contributed by atoms with van der Waals surface area (Å²) < 4.78 is 13.1. The average molecular weight is 416 g/mol. The Kier molecular flexibility index (Phi) is 4.85. The molecule has 1 saturated heterocycles. The molecule has 2 fully saturated rings. The van der Waals surface area contributed by atoms with E-state index in [0.717, 1.165) is 29.2 Å². The lowest BCUT2D eigenvalue weighted by Crippen LogP contribution is -2.51. The molecule has 152 valence electrons. The molecule has 1 aliphatic heterocycles. The number of rotatable bonds is 3. The number of amides is 4. The van der Waals surface area contributed by atoms with E-state index in [1.807, 2.05) is 0 Å². The number of halogens is 1. The maximum Gasteiger partial charge on any atom is 0.344 e. The molecule has 4 rings (SSSR count). The van der Waals surface area contributed by atoms with E-state index in [1.54, 1.807) is 19.1 Å². The van der Waals surface area contributed by atoms with Gasteiger partial charge >= 0.3 is 6.03 Å². The molecule has 2 aromatic rings. The van der Waals surface area contributed by atoms with Gasteiger partial charge in [0.25, 0.3) is 11.8 Å². The molecule has 1 aromatic carbocycles. The van der Waals surface area contributed by atoms with Crippen LogP contribution in [0.5, 0.6) is 0 Å². The van der Waals surface area contributed by atoms with Crippen molar-refractivity contribution in [3.05, 3.63) is 40.7 Å². The van der Waals surface area contributed by atoms with E-state index >= 15 is 0 Å². The smallest absolute Gasteiger partial charge is 0.322 e. The van der Waals surface area contributed by atoms with Crippen LogP contribution in [0.2, 0.25) is 0 Å². The zero-order valence-corrected chi connectivity index (χ0v) is 16.9. The first-order valence-corrected chi connectivity index (χ1v) is 10.3. The topological polar surface area (TPSA) is 91.4 Å². The number of imide groups is 1. The Morgan fingerprint density at radius 1 is 1.28 bits per heavy atom. The summed E-state index contributed by atoms with van der Waals surface area (Å²) in [7, 11) is 0. The van der Waals surface area contributed by atoms with E-state index in [4.69, 9.17) is 0 Å². The zero-order valence-electron chi connectivity index (χ0n) is 16.1. The second kappa shape index (κ2) is 7.22. The van der Waals surface area contributed by atoms with Crippen LogP contribution in [0.15, 0.2) is 24.3 Å². The summed E-state index contributed by atoms with van der Waals surface area (Å²) in [5, 5.41) is 4.12. The third-order valence-electron chi connectivity index (χ3n) is 5.60. The van der Waals surface area contributed by atoms with Crippen LogP contribution < -0.4 is 10.7 Å². The maximum atomic E-state index is 13.1. The summed E-state index contributed by atoms with van der Waals surface area (Å²) in [6, 6.07) is 5.20. The second-order valence-corrected chi connectivity index (χ2v) is 8.72. The van der Waals surface area contributed by atoms with Gasteiger partial charge in [-0.3, -0.25) is 15.0 Å². The lowest BCUT2D eigenvalue weighted by molar-refractivity contribution is -0.134. The number of urea groups is 1. The average Bonchev–Trinajstić information content (AvgIpc) is 3.18. The fourth-order valence-corrected chi connectivity index (χ4v) is 4.75. The molecule has 2 aliphatic rings. The third kappa shape index (κ3) is 3.50. The van der Waals surface area contributed by atoms with Crippen LogP contribution in [-0.4, -0.2) is 33.4 Å². The summed E-state index contributed by atoms with van der Waals surface area (Å²) in [6.07, 6.45) is 2.84. The van der Waals surface area contributed by atoms with E-state index in [-0.39, 0.29) is 5.82 Å². The van der Waals surface area contributed by atoms with Crippen molar-refractivity contribution in [3.63, 3.8) is 0 Å². The number of carbonyl (C=O) groups is 3. The number of benzene rings is 1. The van der Waals surface area contributed by atoms with Crippen molar-refractivity contribution in [2.45, 2.75) is 45.1 Å². The Bertz CT molecular complexity index is 980. The Hall–Kier alpha value is -2.81. The molecule has 2 N–H and O–H groups in total. The third-order valence-corrected chi connectivity index (χ3v) is 6.80. The van der Waals surface area contributed by atoms with Crippen LogP contribution in [0.4, 0.5) is 9.18 Å². The normalized spacial score (nSPS) is 24.1. The lowest BCUT2D eigenvalue weighted by Gasteiger charge is -2.33. The molecule has 7 nitrogen and oxygen atoms in total. The summed E-state index contributed by atoms with van der Waals surface area (Å²) in [5.41, 5.74) is 2.67. The summed E-state index contributed by atoms with van der Waals surface area (Å²) in [5.74, 6) is -0.829. The standard InChI is InChI=1S/C20H21FN4O3S/c1-11-7-9-20(10-8-11)18(27)25(19(28)23-20)24-16(26)15-12(2)22-17(29-15)13-3-5-14(21)6-4-13/h3-6,11H,7-10H2,1-2H3,(H,23,28)(H,24,26). The zero-order chi connectivity index (χ0) is 20.8. The highest BCUT2D eigenvalue weighted by Gasteiger charge is 2.53. The van der Waals surface area contributed by atoms with Crippen molar-refractivity contribution < 1.29 is 18.8 Å². The number of nitrogens with zero attached hydrogens (tertiary/aromatic N) is 2. The van der Waals surface area contributed by atoms with E-state index in [2.05, 4.69) is 22.7 Å². The number of hydrogen-bond acceptors (Lipinski definition) is 5. The van der Waals surface area contributed by atoms with Crippen LogP contribution in [0, 0.1) is 18.7 Å². The van der Waals surface area contributed by atoms with Gasteiger partial charge in [-0.25, -0.2) is 14.2 Å². The lowest BCUT2D eigenvalue weighted by atomic mass is 9.77. The minimum atomic E-state index is -0.918. The fourth-order valence-electron chi connectivity index (χ4n) is 3.79. The van der Waals surface area contributed by atoms with Crippen LogP contribution in [-0.2, 0) is 4.79 Å². The number of thiazole rings is 1. The molecule has 1 saturated carbocycles. The minimum absolute atomic E-state index is 0.295. The number of hydrogen-bond donors (Lipinski definition) is 2. The number of nitrogens with one attached hydrogen (secondary N) is 2. The molecule has 0 bridgehead atoms. The molecule has 0 radical (unpaired) electrons. The minimum Gasteiger partial charge on any atom is -0.322 e. The SMILES string of the molecule is Cc1nc(-c2ccc(F)cc2)sc1C(=O)NN1C(=O)NC2(CCC(C)CC2)C1=O. The summed E-state index contributed by atoms with van der Waals surface area (Å²) in [6.45, 7) is 3.80. The van der Waals surface area contributed by atoms with Crippen molar-refractivity contribution in [1.82, 2.24) is 20.7 Å². The van der Waals surface area contributed by atoms with Gasteiger partial charge in [0.05, 0.1) is 5.69 Å². The van der Waals surface area contributed by atoms with E-state index in [1.165, 1.54) is 12.1 Å². The number of aromatic nitrogens is 1. The van der Waals surface area contributed by atoms with Crippen molar-refractivity contribution in [2.24, 2.45) is 5.92 Å². The molecule has 1 aromatic heterocycles. The number of carbonyl (C=O) groups excluding carboxylic acids is 3. The number of aryl methyl sites for hydroxylation is 1. The molecule has 0 atom stereocenters. The first kappa shape index (κ1) is 19.5.